The number of esters is 1. The van der Waals surface area contributed by atoms with E-state index < -0.39 is 57.6 Å². The molecule has 2 aliphatic rings. The van der Waals surface area contributed by atoms with E-state index in [2.05, 4.69) is 10.6 Å². The van der Waals surface area contributed by atoms with E-state index in [-0.39, 0.29) is 24.3 Å². The molecule has 1 unspecified atom stereocenters. The number of benzene rings is 3. The Bertz CT molecular complexity index is 1820. The van der Waals surface area contributed by atoms with Crippen molar-refractivity contribution in [3.63, 3.8) is 0 Å². The van der Waals surface area contributed by atoms with Crippen LogP contribution in [-0.4, -0.2) is 77.4 Å². The van der Waals surface area contributed by atoms with Gasteiger partial charge in [-0.1, -0.05) is 54.1 Å². The minimum absolute atomic E-state index is 0.0731. The molecule has 3 aromatic carbocycles. The molecule has 260 valence electrons. The highest BCUT2D eigenvalue weighted by molar-refractivity contribution is 7.89. The first-order valence-corrected chi connectivity index (χ1v) is 17.7. The lowest BCUT2D eigenvalue weighted by Crippen LogP contribution is -2.51. The number of carbonyl (C=O) groups excluding carboxylic acids is 3. The van der Waals surface area contributed by atoms with Gasteiger partial charge in [0.25, 0.3) is 0 Å². The Morgan fingerprint density at radius 1 is 0.959 bits per heavy atom. The number of sulfonamides is 1. The molecule has 0 aliphatic carbocycles. The monoisotopic (exact) mass is 690 g/mol. The Morgan fingerprint density at radius 2 is 1.63 bits per heavy atom. The Balaban J connectivity index is 1.24. The topological polar surface area (TPSA) is 162 Å². The number of aryl methyl sites for hydroxylation is 1. The SMILES string of the molecule is Cc1ccc(S(=O)(=O)N2CCC[C@H]2C(=O)N[C@@H](Cc2ccc(NC(=O)N3CCc4ccccc4C3C(=O)OC(C)(C)C)cc2)C(=O)O)cc1. The number of carboxylic acid groups (broad SMARTS) is 1. The van der Waals surface area contributed by atoms with Crippen molar-refractivity contribution in [2.45, 2.75) is 82.0 Å². The summed E-state index contributed by atoms with van der Waals surface area (Å²) in [7, 11) is -3.96. The molecule has 2 heterocycles. The Morgan fingerprint density at radius 3 is 2.29 bits per heavy atom. The van der Waals surface area contributed by atoms with Crippen LogP contribution in [0, 0.1) is 6.92 Å². The fourth-order valence-electron chi connectivity index (χ4n) is 6.16. The van der Waals surface area contributed by atoms with E-state index in [9.17, 15) is 32.7 Å². The fraction of sp³-hybridized carbons (Fsp3) is 0.389. The minimum atomic E-state index is -3.96. The van der Waals surface area contributed by atoms with Crippen molar-refractivity contribution in [2.75, 3.05) is 18.4 Å². The van der Waals surface area contributed by atoms with Crippen LogP contribution in [0.2, 0.25) is 0 Å². The first-order chi connectivity index (χ1) is 23.1. The normalized spacial score (nSPS) is 18.7. The third-order valence-electron chi connectivity index (χ3n) is 8.57. The van der Waals surface area contributed by atoms with Crippen molar-refractivity contribution in [3.05, 3.63) is 95.1 Å². The standard InChI is InChI=1S/C36H42N4O8S/c1-23-11-17-27(18-12-23)49(46,47)40-20-7-10-30(40)32(41)38-29(33(42)43)22-24-13-15-26(16-14-24)37-35(45)39-21-19-25-8-5-6-9-28(25)31(39)34(44)48-36(2,3)4/h5-6,8-9,11-18,29-31H,7,10,19-22H2,1-4H3,(H,37,45)(H,38,41)(H,42,43)/t29-,30-,31?/m0/s1. The maximum atomic E-state index is 13.5. The van der Waals surface area contributed by atoms with E-state index >= 15 is 0 Å². The van der Waals surface area contributed by atoms with Crippen molar-refractivity contribution in [1.29, 1.82) is 0 Å². The molecule has 13 heteroatoms. The zero-order chi connectivity index (χ0) is 35.5. The molecule has 49 heavy (non-hydrogen) atoms. The minimum Gasteiger partial charge on any atom is -0.480 e. The number of hydrogen-bond donors (Lipinski definition) is 3. The van der Waals surface area contributed by atoms with E-state index in [1.54, 1.807) is 57.2 Å². The van der Waals surface area contributed by atoms with Gasteiger partial charge in [0.2, 0.25) is 15.9 Å². The van der Waals surface area contributed by atoms with Gasteiger partial charge in [-0.05, 0) is 87.9 Å². The molecule has 1 fully saturated rings. The van der Waals surface area contributed by atoms with Crippen LogP contribution < -0.4 is 10.6 Å². The summed E-state index contributed by atoms with van der Waals surface area (Å²) in [5, 5.41) is 15.3. The molecular weight excluding hydrogens is 648 g/mol. The Hall–Kier alpha value is -4.75. The molecule has 0 saturated carbocycles. The first kappa shape index (κ1) is 35.6. The van der Waals surface area contributed by atoms with Crippen molar-refractivity contribution >= 4 is 39.6 Å². The number of rotatable bonds is 9. The molecule has 3 amide bonds. The van der Waals surface area contributed by atoms with Gasteiger partial charge in [-0.25, -0.2) is 22.8 Å². The Labute approximate surface area is 286 Å². The highest BCUT2D eigenvalue weighted by atomic mass is 32.2. The second kappa shape index (κ2) is 14.4. The lowest BCUT2D eigenvalue weighted by atomic mass is 9.92. The molecule has 2 aliphatic heterocycles. The smallest absolute Gasteiger partial charge is 0.334 e. The summed E-state index contributed by atoms with van der Waals surface area (Å²) >= 11 is 0. The van der Waals surface area contributed by atoms with Crippen LogP contribution in [0.3, 0.4) is 0 Å². The maximum absolute atomic E-state index is 13.5. The molecule has 0 bridgehead atoms. The van der Waals surface area contributed by atoms with Crippen LogP contribution in [0.25, 0.3) is 0 Å². The highest BCUT2D eigenvalue weighted by Crippen LogP contribution is 2.33. The van der Waals surface area contributed by atoms with Gasteiger partial charge in [-0.2, -0.15) is 4.31 Å². The summed E-state index contributed by atoms with van der Waals surface area (Å²) in [5.74, 6) is -2.47. The molecule has 12 nitrogen and oxygen atoms in total. The molecular formula is C36H42N4O8S. The summed E-state index contributed by atoms with van der Waals surface area (Å²) < 4.78 is 33.4. The quantitative estimate of drug-likeness (QED) is 0.278. The summed E-state index contributed by atoms with van der Waals surface area (Å²) in [6.45, 7) is 7.61. The summed E-state index contributed by atoms with van der Waals surface area (Å²) in [5.41, 5.74) is 2.83. The van der Waals surface area contributed by atoms with E-state index in [4.69, 9.17) is 4.74 Å². The lowest BCUT2D eigenvalue weighted by molar-refractivity contribution is -0.161. The average Bonchev–Trinajstić information content (AvgIpc) is 3.55. The van der Waals surface area contributed by atoms with Crippen molar-refractivity contribution < 1.29 is 37.4 Å². The average molecular weight is 691 g/mol. The van der Waals surface area contributed by atoms with Crippen molar-refractivity contribution in [3.8, 4) is 0 Å². The zero-order valence-electron chi connectivity index (χ0n) is 28.0. The number of nitrogens with one attached hydrogen (secondary N) is 2. The van der Waals surface area contributed by atoms with Crippen LogP contribution in [0.15, 0.2) is 77.7 Å². The second-order valence-corrected chi connectivity index (χ2v) is 15.3. The third-order valence-corrected chi connectivity index (χ3v) is 10.5. The summed E-state index contributed by atoms with van der Waals surface area (Å²) in [6.07, 6.45) is 1.24. The second-order valence-electron chi connectivity index (χ2n) is 13.4. The molecule has 3 N–H and O–H groups in total. The van der Waals surface area contributed by atoms with Gasteiger partial charge in [-0.15, -0.1) is 0 Å². The lowest BCUT2D eigenvalue weighted by Gasteiger charge is -2.37. The summed E-state index contributed by atoms with van der Waals surface area (Å²) in [4.78, 5) is 53.8. The van der Waals surface area contributed by atoms with E-state index in [1.165, 1.54) is 17.0 Å². The predicted molar refractivity (Wildman–Crippen MR) is 182 cm³/mol. The van der Waals surface area contributed by atoms with Gasteiger partial charge >= 0.3 is 18.0 Å². The number of urea groups is 1. The molecule has 3 atom stereocenters. The maximum Gasteiger partial charge on any atom is 0.334 e. The number of fused-ring (bicyclic) bond motifs is 1. The van der Waals surface area contributed by atoms with Gasteiger partial charge in [0.15, 0.2) is 6.04 Å². The van der Waals surface area contributed by atoms with E-state index in [0.717, 1.165) is 15.4 Å². The number of amides is 3. The number of carboxylic acids is 1. The number of ether oxygens (including phenoxy) is 1. The molecule has 5 rings (SSSR count). The van der Waals surface area contributed by atoms with Crippen LogP contribution in [0.4, 0.5) is 10.5 Å². The number of carbonyl (C=O) groups is 4. The van der Waals surface area contributed by atoms with Crippen molar-refractivity contribution in [1.82, 2.24) is 14.5 Å². The molecule has 0 aromatic heterocycles. The largest absolute Gasteiger partial charge is 0.480 e. The van der Waals surface area contributed by atoms with Gasteiger partial charge in [0.05, 0.1) is 4.90 Å². The molecule has 0 spiro atoms. The summed E-state index contributed by atoms with van der Waals surface area (Å²) in [6, 6.07) is 16.6. The zero-order valence-corrected chi connectivity index (χ0v) is 28.8. The van der Waals surface area contributed by atoms with Crippen molar-refractivity contribution in [2.24, 2.45) is 0 Å². The predicted octanol–water partition coefficient (Wildman–Crippen LogP) is 4.43. The van der Waals surface area contributed by atoms with E-state index in [1.807, 2.05) is 31.2 Å². The third kappa shape index (κ3) is 8.28. The number of hydrogen-bond acceptors (Lipinski definition) is 7. The number of anilines is 1. The van der Waals surface area contributed by atoms with Gasteiger partial charge in [0, 0.05) is 25.2 Å². The molecule has 3 aromatic rings. The number of aliphatic carboxylic acids is 1. The number of nitrogens with zero attached hydrogens (tertiary/aromatic N) is 2. The van der Waals surface area contributed by atoms with Gasteiger partial charge < -0.3 is 25.4 Å². The van der Waals surface area contributed by atoms with Crippen LogP contribution in [-0.2, 0) is 42.0 Å². The van der Waals surface area contributed by atoms with Gasteiger partial charge in [0.1, 0.15) is 17.7 Å². The Kier molecular flexibility index (Phi) is 10.4. The fourth-order valence-corrected chi connectivity index (χ4v) is 7.81. The van der Waals surface area contributed by atoms with Gasteiger partial charge in [-0.3, -0.25) is 4.79 Å². The van der Waals surface area contributed by atoms with Crippen LogP contribution in [0.5, 0.6) is 0 Å². The highest BCUT2D eigenvalue weighted by Gasteiger charge is 2.41. The van der Waals surface area contributed by atoms with Crippen LogP contribution in [0.1, 0.15) is 61.9 Å². The molecule has 0 radical (unpaired) electrons. The van der Waals surface area contributed by atoms with Crippen LogP contribution >= 0.6 is 0 Å². The molecule has 1 saturated heterocycles. The first-order valence-electron chi connectivity index (χ1n) is 16.2. The van der Waals surface area contributed by atoms with E-state index in [0.29, 0.717) is 36.2 Å².